The normalized spacial score (nSPS) is 13.5. The summed E-state index contributed by atoms with van der Waals surface area (Å²) >= 11 is 0. The maximum atomic E-state index is 12.2. The maximum Gasteiger partial charge on any atom is 0.231 e. The van der Waals surface area contributed by atoms with Crippen LogP contribution in [0.2, 0.25) is 0 Å². The monoisotopic (exact) mass is 266 g/mol. The minimum absolute atomic E-state index is 0.104. The van der Waals surface area contributed by atoms with Gasteiger partial charge >= 0.3 is 0 Å². The number of carbonyl (C=O) groups excluding carboxylic acids is 1. The Balaban J connectivity index is 2.96. The van der Waals surface area contributed by atoms with Gasteiger partial charge in [0.2, 0.25) is 5.91 Å². The minimum atomic E-state index is -0.573. The lowest BCUT2D eigenvalue weighted by molar-refractivity contribution is -0.124. The lowest BCUT2D eigenvalue weighted by Crippen LogP contribution is -2.39. The molecular formula is C14H22N2O3. The molecule has 0 spiro atoms. The van der Waals surface area contributed by atoms with Gasteiger partial charge < -0.3 is 20.5 Å². The van der Waals surface area contributed by atoms with Gasteiger partial charge in [-0.15, -0.1) is 0 Å². The van der Waals surface area contributed by atoms with Crippen molar-refractivity contribution < 1.29 is 14.3 Å². The van der Waals surface area contributed by atoms with Crippen LogP contribution in [0.5, 0.6) is 11.5 Å². The molecule has 106 valence electrons. The number of methoxy groups -OCH3 is 2. The lowest BCUT2D eigenvalue weighted by Gasteiger charge is -2.25. The second kappa shape index (κ2) is 6.43. The molecular weight excluding hydrogens is 244 g/mol. The fourth-order valence-electron chi connectivity index (χ4n) is 1.56. The van der Waals surface area contributed by atoms with Crippen LogP contribution < -0.4 is 20.5 Å². The van der Waals surface area contributed by atoms with Gasteiger partial charge in [0, 0.05) is 30.4 Å². The Kier molecular flexibility index (Phi) is 5.18. The highest BCUT2D eigenvalue weighted by molar-refractivity contribution is 5.95. The Morgan fingerprint density at radius 1 is 1.26 bits per heavy atom. The van der Waals surface area contributed by atoms with Crippen molar-refractivity contribution in [3.05, 3.63) is 18.2 Å². The first-order chi connectivity index (χ1) is 8.98. The van der Waals surface area contributed by atoms with Crippen molar-refractivity contribution >= 4 is 11.6 Å². The van der Waals surface area contributed by atoms with Crippen LogP contribution in [0, 0.1) is 5.41 Å². The van der Waals surface area contributed by atoms with Crippen LogP contribution in [0.1, 0.15) is 20.3 Å². The summed E-state index contributed by atoms with van der Waals surface area (Å²) in [5.41, 5.74) is 5.73. The summed E-state index contributed by atoms with van der Waals surface area (Å²) in [5.74, 6) is 1.15. The van der Waals surface area contributed by atoms with Crippen LogP contribution >= 0.6 is 0 Å². The van der Waals surface area contributed by atoms with Crippen LogP contribution in [-0.4, -0.2) is 26.7 Å². The van der Waals surface area contributed by atoms with Crippen molar-refractivity contribution in [2.75, 3.05) is 26.1 Å². The van der Waals surface area contributed by atoms with Crippen molar-refractivity contribution in [1.29, 1.82) is 0 Å². The van der Waals surface area contributed by atoms with Crippen molar-refractivity contribution in [3.8, 4) is 11.5 Å². The number of rotatable bonds is 6. The van der Waals surface area contributed by atoms with Gasteiger partial charge in [-0.3, -0.25) is 4.79 Å². The first-order valence-electron chi connectivity index (χ1n) is 6.23. The Hall–Kier alpha value is -1.75. The fourth-order valence-corrected chi connectivity index (χ4v) is 1.56. The molecule has 1 rings (SSSR count). The Bertz CT molecular complexity index is 420. The van der Waals surface area contributed by atoms with E-state index in [0.29, 0.717) is 30.2 Å². The molecule has 5 heteroatoms. The summed E-state index contributed by atoms with van der Waals surface area (Å²) in [4.78, 5) is 12.2. The lowest BCUT2D eigenvalue weighted by atomic mass is 9.86. The number of hydrogen-bond donors (Lipinski definition) is 2. The molecule has 5 nitrogen and oxygen atoms in total. The standard InChI is InChI=1S/C14H22N2O3/c1-5-14(2,9-15)13(17)16-10-6-11(18-3)8-12(7-10)19-4/h6-8H,5,9,15H2,1-4H3,(H,16,17). The largest absolute Gasteiger partial charge is 0.497 e. The van der Waals surface area contributed by atoms with Crippen LogP contribution in [0.15, 0.2) is 18.2 Å². The average Bonchev–Trinajstić information content (AvgIpc) is 2.45. The zero-order chi connectivity index (χ0) is 14.5. The van der Waals surface area contributed by atoms with Gasteiger partial charge in [0.1, 0.15) is 11.5 Å². The Morgan fingerprint density at radius 3 is 2.16 bits per heavy atom. The molecule has 0 aliphatic heterocycles. The molecule has 0 fully saturated rings. The van der Waals surface area contributed by atoms with Crippen LogP contribution in [0.4, 0.5) is 5.69 Å². The number of ether oxygens (including phenoxy) is 2. The third-order valence-electron chi connectivity index (χ3n) is 3.39. The number of benzene rings is 1. The number of nitrogens with one attached hydrogen (secondary N) is 1. The average molecular weight is 266 g/mol. The molecule has 0 aromatic heterocycles. The van der Waals surface area contributed by atoms with E-state index in [1.807, 2.05) is 13.8 Å². The van der Waals surface area contributed by atoms with E-state index < -0.39 is 5.41 Å². The van der Waals surface area contributed by atoms with Gasteiger partial charge in [-0.25, -0.2) is 0 Å². The molecule has 0 heterocycles. The molecule has 1 unspecified atom stereocenters. The maximum absolute atomic E-state index is 12.2. The van der Waals surface area contributed by atoms with Crippen LogP contribution in [-0.2, 0) is 4.79 Å². The Morgan fingerprint density at radius 2 is 1.79 bits per heavy atom. The van der Waals surface area contributed by atoms with Crippen molar-refractivity contribution in [2.45, 2.75) is 20.3 Å². The number of nitrogens with two attached hydrogens (primary N) is 1. The highest BCUT2D eigenvalue weighted by atomic mass is 16.5. The molecule has 0 radical (unpaired) electrons. The molecule has 1 aromatic carbocycles. The second-order valence-electron chi connectivity index (χ2n) is 4.67. The molecule has 0 saturated heterocycles. The summed E-state index contributed by atoms with van der Waals surface area (Å²) in [6, 6.07) is 5.23. The predicted octanol–water partition coefficient (Wildman–Crippen LogP) is 2.02. The third kappa shape index (κ3) is 3.61. The molecule has 3 N–H and O–H groups in total. The van der Waals surface area contributed by atoms with Gasteiger partial charge in [-0.1, -0.05) is 6.92 Å². The summed E-state index contributed by atoms with van der Waals surface area (Å²) in [5, 5.41) is 2.85. The van der Waals surface area contributed by atoms with E-state index >= 15 is 0 Å². The molecule has 0 bridgehead atoms. The molecule has 1 amide bonds. The zero-order valence-corrected chi connectivity index (χ0v) is 11.9. The van der Waals surface area contributed by atoms with Crippen molar-refractivity contribution in [2.24, 2.45) is 11.1 Å². The molecule has 1 atom stereocenters. The number of anilines is 1. The highest BCUT2D eigenvalue weighted by Crippen LogP contribution is 2.28. The minimum Gasteiger partial charge on any atom is -0.497 e. The summed E-state index contributed by atoms with van der Waals surface area (Å²) in [6.07, 6.45) is 0.677. The van der Waals surface area contributed by atoms with E-state index in [1.54, 1.807) is 32.4 Å². The number of carbonyl (C=O) groups is 1. The Labute approximate surface area is 114 Å². The molecule has 0 saturated carbocycles. The van der Waals surface area contributed by atoms with Gasteiger partial charge in [0.25, 0.3) is 0 Å². The topological polar surface area (TPSA) is 73.6 Å². The SMILES string of the molecule is CCC(C)(CN)C(=O)Nc1cc(OC)cc(OC)c1. The summed E-state index contributed by atoms with van der Waals surface area (Å²) in [6.45, 7) is 4.09. The molecule has 1 aromatic rings. The number of hydrogen-bond acceptors (Lipinski definition) is 4. The fraction of sp³-hybridized carbons (Fsp3) is 0.500. The second-order valence-corrected chi connectivity index (χ2v) is 4.67. The van der Waals surface area contributed by atoms with E-state index in [2.05, 4.69) is 5.32 Å². The van der Waals surface area contributed by atoms with E-state index in [1.165, 1.54) is 0 Å². The summed E-state index contributed by atoms with van der Waals surface area (Å²) < 4.78 is 10.3. The van der Waals surface area contributed by atoms with Crippen LogP contribution in [0.25, 0.3) is 0 Å². The first kappa shape index (κ1) is 15.3. The third-order valence-corrected chi connectivity index (χ3v) is 3.39. The van der Waals surface area contributed by atoms with E-state index in [9.17, 15) is 4.79 Å². The van der Waals surface area contributed by atoms with Crippen LogP contribution in [0.3, 0.4) is 0 Å². The van der Waals surface area contributed by atoms with Gasteiger partial charge in [-0.2, -0.15) is 0 Å². The quantitative estimate of drug-likeness (QED) is 0.826. The highest BCUT2D eigenvalue weighted by Gasteiger charge is 2.29. The predicted molar refractivity (Wildman–Crippen MR) is 75.6 cm³/mol. The molecule has 19 heavy (non-hydrogen) atoms. The summed E-state index contributed by atoms with van der Waals surface area (Å²) in [7, 11) is 3.13. The molecule has 0 aliphatic carbocycles. The van der Waals surface area contributed by atoms with E-state index in [0.717, 1.165) is 0 Å². The molecule has 0 aliphatic rings. The smallest absolute Gasteiger partial charge is 0.231 e. The van der Waals surface area contributed by atoms with E-state index in [4.69, 9.17) is 15.2 Å². The van der Waals surface area contributed by atoms with Gasteiger partial charge in [-0.05, 0) is 13.3 Å². The number of amides is 1. The van der Waals surface area contributed by atoms with Crippen molar-refractivity contribution in [3.63, 3.8) is 0 Å². The van der Waals surface area contributed by atoms with Gasteiger partial charge in [0.15, 0.2) is 0 Å². The zero-order valence-electron chi connectivity index (χ0n) is 11.9. The van der Waals surface area contributed by atoms with Crippen molar-refractivity contribution in [1.82, 2.24) is 0 Å². The van der Waals surface area contributed by atoms with Gasteiger partial charge in [0.05, 0.1) is 19.6 Å². The first-order valence-corrected chi connectivity index (χ1v) is 6.23. The van der Waals surface area contributed by atoms with E-state index in [-0.39, 0.29) is 5.91 Å².